The fourth-order valence-corrected chi connectivity index (χ4v) is 3.63. The molecule has 1 saturated heterocycles. The Bertz CT molecular complexity index is 757. The molecule has 0 unspecified atom stereocenters. The van der Waals surface area contributed by atoms with E-state index in [0.717, 1.165) is 13.1 Å². The van der Waals surface area contributed by atoms with Crippen molar-refractivity contribution < 1.29 is 0 Å². The minimum Gasteiger partial charge on any atom is -0.351 e. The van der Waals surface area contributed by atoms with Crippen molar-refractivity contribution in [3.05, 3.63) is 54.0 Å². The van der Waals surface area contributed by atoms with Crippen LogP contribution in [0.2, 0.25) is 0 Å². The van der Waals surface area contributed by atoms with E-state index in [-0.39, 0.29) is 0 Å². The number of piperidine rings is 1. The van der Waals surface area contributed by atoms with Gasteiger partial charge in [0.1, 0.15) is 0 Å². The van der Waals surface area contributed by atoms with Crippen LogP contribution in [0.5, 0.6) is 0 Å². The summed E-state index contributed by atoms with van der Waals surface area (Å²) in [4.78, 5) is 2.57. The van der Waals surface area contributed by atoms with E-state index < -0.39 is 0 Å². The highest BCUT2D eigenvalue weighted by atomic mass is 15.1. The molecule has 4 heteroatoms. The number of rotatable bonds is 3. The zero-order valence-corrected chi connectivity index (χ0v) is 13.0. The molecule has 0 saturated carbocycles. The van der Waals surface area contributed by atoms with E-state index in [2.05, 4.69) is 63.2 Å². The number of fused-ring (bicyclic) bond motifs is 1. The third kappa shape index (κ3) is 2.55. The molecule has 1 N–H and O–H groups in total. The van der Waals surface area contributed by atoms with Crippen molar-refractivity contribution in [3.63, 3.8) is 0 Å². The zero-order chi connectivity index (χ0) is 14.9. The minimum atomic E-state index is 0.594. The Hall–Kier alpha value is -2.07. The SMILES string of the molecule is Cn1ccc2cc(CN3CCC[C@H](c4ccn[nH]4)C3)ccc21. The van der Waals surface area contributed by atoms with Gasteiger partial charge in [-0.15, -0.1) is 0 Å². The molecule has 2 aromatic heterocycles. The molecule has 1 aromatic carbocycles. The van der Waals surface area contributed by atoms with Gasteiger partial charge in [0.2, 0.25) is 0 Å². The van der Waals surface area contributed by atoms with Crippen LogP contribution in [-0.2, 0) is 13.6 Å². The van der Waals surface area contributed by atoms with Crippen molar-refractivity contribution in [2.75, 3.05) is 13.1 Å². The summed E-state index contributed by atoms with van der Waals surface area (Å²) in [5, 5.41) is 8.57. The molecule has 0 spiro atoms. The van der Waals surface area contributed by atoms with Crippen molar-refractivity contribution >= 4 is 10.9 Å². The molecule has 0 bridgehead atoms. The van der Waals surface area contributed by atoms with Crippen LogP contribution < -0.4 is 0 Å². The van der Waals surface area contributed by atoms with E-state index in [1.807, 2.05) is 6.20 Å². The number of benzene rings is 1. The van der Waals surface area contributed by atoms with Crippen molar-refractivity contribution in [1.82, 2.24) is 19.7 Å². The van der Waals surface area contributed by atoms with E-state index in [9.17, 15) is 0 Å². The van der Waals surface area contributed by atoms with E-state index >= 15 is 0 Å². The van der Waals surface area contributed by atoms with Gasteiger partial charge in [0.25, 0.3) is 0 Å². The first-order valence-corrected chi connectivity index (χ1v) is 8.05. The second-order valence-corrected chi connectivity index (χ2v) is 6.41. The average Bonchev–Trinajstić information content (AvgIpc) is 3.18. The molecule has 1 atom stereocenters. The van der Waals surface area contributed by atoms with E-state index in [1.165, 1.54) is 41.5 Å². The fourth-order valence-electron chi connectivity index (χ4n) is 3.63. The quantitative estimate of drug-likeness (QED) is 0.805. The number of H-pyrrole nitrogens is 1. The molecular weight excluding hydrogens is 272 g/mol. The molecule has 22 heavy (non-hydrogen) atoms. The summed E-state index contributed by atoms with van der Waals surface area (Å²) < 4.78 is 2.17. The predicted octanol–water partition coefficient (Wildman–Crippen LogP) is 3.28. The standard InChI is InChI=1S/C18H22N4/c1-21-10-7-15-11-14(4-5-18(15)21)12-22-9-2-3-16(13-22)17-6-8-19-20-17/h4-8,10-11,16H,2-3,9,12-13H2,1H3,(H,19,20)/t16-/m0/s1. The lowest BCUT2D eigenvalue weighted by molar-refractivity contribution is 0.198. The molecule has 1 fully saturated rings. The largest absolute Gasteiger partial charge is 0.351 e. The Labute approximate surface area is 130 Å². The number of aromatic nitrogens is 3. The predicted molar refractivity (Wildman–Crippen MR) is 88.8 cm³/mol. The number of aryl methyl sites for hydroxylation is 1. The summed E-state index contributed by atoms with van der Waals surface area (Å²) in [5.74, 6) is 0.594. The van der Waals surface area contributed by atoms with Gasteiger partial charge < -0.3 is 4.57 Å². The Balaban J connectivity index is 1.49. The highest BCUT2D eigenvalue weighted by molar-refractivity contribution is 5.80. The molecule has 1 aliphatic rings. The van der Waals surface area contributed by atoms with Crippen molar-refractivity contribution in [2.24, 2.45) is 7.05 Å². The molecule has 4 nitrogen and oxygen atoms in total. The highest BCUT2D eigenvalue weighted by Gasteiger charge is 2.22. The first-order valence-electron chi connectivity index (χ1n) is 8.05. The van der Waals surface area contributed by atoms with Crippen molar-refractivity contribution in [1.29, 1.82) is 0 Å². The van der Waals surface area contributed by atoms with Crippen LogP contribution in [0.25, 0.3) is 10.9 Å². The van der Waals surface area contributed by atoms with Gasteiger partial charge in [-0.05, 0) is 54.6 Å². The molecule has 3 aromatic rings. The number of hydrogen-bond donors (Lipinski definition) is 1. The maximum atomic E-state index is 4.10. The summed E-state index contributed by atoms with van der Waals surface area (Å²) in [5.41, 5.74) is 3.99. The van der Waals surface area contributed by atoms with Crippen LogP contribution in [0.15, 0.2) is 42.7 Å². The molecule has 0 radical (unpaired) electrons. The molecule has 0 aliphatic carbocycles. The van der Waals surface area contributed by atoms with Crippen LogP contribution >= 0.6 is 0 Å². The molecule has 0 amide bonds. The summed E-state index contributed by atoms with van der Waals surface area (Å²) >= 11 is 0. The summed E-state index contributed by atoms with van der Waals surface area (Å²) in [6.07, 6.45) is 6.51. The lowest BCUT2D eigenvalue weighted by Gasteiger charge is -2.32. The van der Waals surface area contributed by atoms with Gasteiger partial charge in [-0.3, -0.25) is 10.00 Å². The van der Waals surface area contributed by atoms with E-state index in [0.29, 0.717) is 5.92 Å². The Morgan fingerprint density at radius 1 is 1.27 bits per heavy atom. The molecule has 114 valence electrons. The van der Waals surface area contributed by atoms with E-state index in [4.69, 9.17) is 0 Å². The maximum absolute atomic E-state index is 4.10. The topological polar surface area (TPSA) is 36.9 Å². The van der Waals surface area contributed by atoms with Crippen LogP contribution in [0.3, 0.4) is 0 Å². The zero-order valence-electron chi connectivity index (χ0n) is 13.0. The average molecular weight is 294 g/mol. The third-order valence-electron chi connectivity index (χ3n) is 4.82. The number of likely N-dealkylation sites (tertiary alicyclic amines) is 1. The van der Waals surface area contributed by atoms with Crippen molar-refractivity contribution in [2.45, 2.75) is 25.3 Å². The van der Waals surface area contributed by atoms with Gasteiger partial charge >= 0.3 is 0 Å². The summed E-state index contributed by atoms with van der Waals surface area (Å²) in [6, 6.07) is 11.1. The minimum absolute atomic E-state index is 0.594. The van der Waals surface area contributed by atoms with Crippen molar-refractivity contribution in [3.8, 4) is 0 Å². The Morgan fingerprint density at radius 2 is 2.23 bits per heavy atom. The number of hydrogen-bond acceptors (Lipinski definition) is 2. The molecule has 1 aliphatic heterocycles. The Morgan fingerprint density at radius 3 is 3.09 bits per heavy atom. The van der Waals surface area contributed by atoms with Gasteiger partial charge in [-0.25, -0.2) is 0 Å². The maximum Gasteiger partial charge on any atom is 0.0490 e. The molecule has 4 rings (SSSR count). The first kappa shape index (κ1) is 13.6. The van der Waals surface area contributed by atoms with Gasteiger partial charge in [-0.2, -0.15) is 5.10 Å². The second-order valence-electron chi connectivity index (χ2n) is 6.41. The summed E-state index contributed by atoms with van der Waals surface area (Å²) in [6.45, 7) is 3.35. The second kappa shape index (κ2) is 5.61. The number of nitrogens with zero attached hydrogens (tertiary/aromatic N) is 3. The smallest absolute Gasteiger partial charge is 0.0490 e. The number of aromatic amines is 1. The molecule has 3 heterocycles. The van der Waals surface area contributed by atoms with E-state index in [1.54, 1.807) is 0 Å². The summed E-state index contributed by atoms with van der Waals surface area (Å²) in [7, 11) is 2.10. The lowest BCUT2D eigenvalue weighted by atomic mass is 9.94. The van der Waals surface area contributed by atoms with Gasteiger partial charge in [0.05, 0.1) is 0 Å². The normalized spacial score (nSPS) is 19.8. The number of nitrogens with one attached hydrogen (secondary N) is 1. The van der Waals surface area contributed by atoms with Crippen LogP contribution in [0.1, 0.15) is 30.0 Å². The van der Waals surface area contributed by atoms with Gasteiger partial charge in [0, 0.05) is 49.7 Å². The van der Waals surface area contributed by atoms with Crippen LogP contribution in [0, 0.1) is 0 Å². The highest BCUT2D eigenvalue weighted by Crippen LogP contribution is 2.26. The lowest BCUT2D eigenvalue weighted by Crippen LogP contribution is -2.34. The fraction of sp³-hybridized carbons (Fsp3) is 0.389. The first-order chi connectivity index (χ1) is 10.8. The van der Waals surface area contributed by atoms with Crippen LogP contribution in [0.4, 0.5) is 0 Å². The monoisotopic (exact) mass is 294 g/mol. The van der Waals surface area contributed by atoms with Gasteiger partial charge in [-0.1, -0.05) is 6.07 Å². The molecular formula is C18H22N4. The third-order valence-corrected chi connectivity index (χ3v) is 4.82. The van der Waals surface area contributed by atoms with Gasteiger partial charge in [0.15, 0.2) is 0 Å². The Kier molecular flexibility index (Phi) is 3.47. The van der Waals surface area contributed by atoms with Crippen LogP contribution in [-0.4, -0.2) is 32.8 Å².